The predicted octanol–water partition coefficient (Wildman–Crippen LogP) is 24.8. The predicted molar refractivity (Wildman–Crippen MR) is 418 cm³/mol. The summed E-state index contributed by atoms with van der Waals surface area (Å²) in [5.41, 5.74) is 0. The van der Waals surface area contributed by atoms with Crippen LogP contribution in [0, 0.1) is 23.7 Å². The number of hydrogen-bond donors (Lipinski definition) is 3. The maximum Gasteiger partial charge on any atom is 0.472 e. The van der Waals surface area contributed by atoms with Crippen molar-refractivity contribution in [2.75, 3.05) is 39.6 Å². The van der Waals surface area contributed by atoms with Gasteiger partial charge in [0.05, 0.1) is 26.4 Å². The average Bonchev–Trinajstić information content (AvgIpc) is 0.965. The number of hydrogen-bond acceptors (Lipinski definition) is 15. The van der Waals surface area contributed by atoms with Crippen LogP contribution in [0.5, 0.6) is 0 Å². The zero-order valence-corrected chi connectivity index (χ0v) is 69.0. The molecule has 0 aromatic heterocycles. The fourth-order valence-corrected chi connectivity index (χ4v) is 14.3. The van der Waals surface area contributed by atoms with E-state index in [1.54, 1.807) is 0 Å². The molecule has 0 aromatic rings. The Bertz CT molecular complexity index is 1990. The van der Waals surface area contributed by atoms with Gasteiger partial charge in [-0.1, -0.05) is 376 Å². The quantitative estimate of drug-likeness (QED) is 0.0222. The van der Waals surface area contributed by atoms with E-state index in [9.17, 15) is 43.2 Å². The molecule has 0 rings (SSSR count). The molecule has 0 amide bonds. The smallest absolute Gasteiger partial charge is 0.462 e. The summed E-state index contributed by atoms with van der Waals surface area (Å²) in [6, 6.07) is 0. The number of aliphatic hydroxyl groups is 1. The second-order valence-electron chi connectivity index (χ2n) is 31.5. The van der Waals surface area contributed by atoms with Crippen molar-refractivity contribution in [1.82, 2.24) is 0 Å². The maximum absolute atomic E-state index is 13.1. The molecule has 102 heavy (non-hydrogen) atoms. The van der Waals surface area contributed by atoms with E-state index in [2.05, 4.69) is 55.4 Å². The Morgan fingerprint density at radius 1 is 0.275 bits per heavy atom. The summed E-state index contributed by atoms with van der Waals surface area (Å²) in [5, 5.41) is 10.6. The van der Waals surface area contributed by atoms with Crippen molar-refractivity contribution < 1.29 is 80.2 Å². The number of aliphatic hydroxyl groups excluding tert-OH is 1. The molecule has 3 N–H and O–H groups in total. The lowest BCUT2D eigenvalue weighted by atomic mass is 9.99. The first-order valence-corrected chi connectivity index (χ1v) is 45.7. The molecule has 606 valence electrons. The zero-order chi connectivity index (χ0) is 75.3. The van der Waals surface area contributed by atoms with Gasteiger partial charge in [0.25, 0.3) is 0 Å². The Kier molecular flexibility index (Phi) is 70.6. The molecule has 0 radical (unpaired) electrons. The van der Waals surface area contributed by atoms with Crippen molar-refractivity contribution in [3.05, 3.63) is 0 Å². The van der Waals surface area contributed by atoms with Crippen molar-refractivity contribution in [2.24, 2.45) is 23.7 Å². The minimum absolute atomic E-state index is 0.107. The van der Waals surface area contributed by atoms with Crippen LogP contribution in [-0.4, -0.2) is 96.7 Å². The van der Waals surface area contributed by atoms with Gasteiger partial charge in [-0.2, -0.15) is 0 Å². The first-order valence-electron chi connectivity index (χ1n) is 42.7. The lowest BCUT2D eigenvalue weighted by Crippen LogP contribution is -2.30. The normalized spacial score (nSPS) is 14.3. The maximum atomic E-state index is 13.1. The number of rotatable bonds is 80. The van der Waals surface area contributed by atoms with Crippen LogP contribution in [0.15, 0.2) is 0 Å². The topological polar surface area (TPSA) is 237 Å². The van der Waals surface area contributed by atoms with E-state index >= 15 is 0 Å². The third kappa shape index (κ3) is 74.9. The van der Waals surface area contributed by atoms with Crippen LogP contribution >= 0.6 is 15.6 Å². The van der Waals surface area contributed by atoms with Gasteiger partial charge < -0.3 is 33.8 Å². The van der Waals surface area contributed by atoms with E-state index in [1.807, 2.05) is 0 Å². The average molecular weight is 1490 g/mol. The molecule has 6 atom stereocenters. The SMILES string of the molecule is CCC(C)CCCCCCCCCCCCCCCCCCCCC(=O)O[C@H](COC(=O)CCCCCCCCCCCC(C)C)COP(=O)(O)OCC(O)COP(=O)(O)OC[C@@H](COC(=O)CCCCCCCCC(C)C)OC(=O)CCCCCCCCCCCCCCCCCCC(C)C. The number of ether oxygens (including phenoxy) is 4. The molecule has 0 saturated carbocycles. The Morgan fingerprint density at radius 2 is 0.471 bits per heavy atom. The number of unbranched alkanes of at least 4 members (excludes halogenated alkanes) is 45. The molecular formula is C83H162O17P2. The van der Waals surface area contributed by atoms with Gasteiger partial charge in [-0.15, -0.1) is 0 Å². The van der Waals surface area contributed by atoms with Crippen molar-refractivity contribution in [3.63, 3.8) is 0 Å². The molecule has 0 aromatic carbocycles. The molecule has 0 bridgehead atoms. The van der Waals surface area contributed by atoms with Crippen LogP contribution in [0.4, 0.5) is 0 Å². The summed E-state index contributed by atoms with van der Waals surface area (Å²) in [6.07, 6.45) is 59.9. The Balaban J connectivity index is 5.16. The Labute approximate surface area is 626 Å². The molecule has 0 spiro atoms. The van der Waals surface area contributed by atoms with Gasteiger partial charge >= 0.3 is 39.5 Å². The van der Waals surface area contributed by atoms with Crippen molar-refractivity contribution in [1.29, 1.82) is 0 Å². The van der Waals surface area contributed by atoms with Crippen molar-refractivity contribution in [2.45, 2.75) is 446 Å². The molecule has 0 fully saturated rings. The minimum Gasteiger partial charge on any atom is -0.462 e. The summed E-state index contributed by atoms with van der Waals surface area (Å²) < 4.78 is 68.7. The standard InChI is InChI=1S/C83H162O17P2/c1-9-76(8)62-54-46-37-31-25-21-17-12-10-11-13-18-22-26-32-39-49-57-65-82(87)99-78(69-93-80(85)63-55-47-38-34-28-30-36-44-52-60-74(4)5)71-97-101(89,90)95-67-77(84)68-96-102(91,92)98-72-79(70-94-81(86)64-56-48-42-41-45-53-61-75(6)7)100-83(88)66-58-50-40-33-27-23-19-15-14-16-20-24-29-35-43-51-59-73(2)3/h73-79,84H,9-72H2,1-8H3,(H,89,90)(H,91,92)/t76?,77?,78-,79-/m1/s1. The third-order valence-corrected chi connectivity index (χ3v) is 21.6. The lowest BCUT2D eigenvalue weighted by molar-refractivity contribution is -0.161. The summed E-state index contributed by atoms with van der Waals surface area (Å²) in [7, 11) is -9.92. The van der Waals surface area contributed by atoms with Crippen LogP contribution in [0.2, 0.25) is 0 Å². The van der Waals surface area contributed by atoms with Gasteiger partial charge in [0.1, 0.15) is 19.3 Å². The zero-order valence-electron chi connectivity index (χ0n) is 67.2. The molecule has 0 aliphatic heterocycles. The van der Waals surface area contributed by atoms with Gasteiger partial charge in [0.15, 0.2) is 12.2 Å². The largest absolute Gasteiger partial charge is 0.472 e. The molecule has 17 nitrogen and oxygen atoms in total. The van der Waals surface area contributed by atoms with Gasteiger partial charge in [-0.25, -0.2) is 9.13 Å². The van der Waals surface area contributed by atoms with Gasteiger partial charge in [-0.3, -0.25) is 37.3 Å². The summed E-state index contributed by atoms with van der Waals surface area (Å²) in [6.45, 7) is 14.2. The van der Waals surface area contributed by atoms with E-state index in [-0.39, 0.29) is 25.7 Å². The fourth-order valence-electron chi connectivity index (χ4n) is 12.8. The Morgan fingerprint density at radius 3 is 0.696 bits per heavy atom. The molecule has 0 aliphatic rings. The first kappa shape index (κ1) is 100. The number of esters is 4. The third-order valence-electron chi connectivity index (χ3n) is 19.7. The van der Waals surface area contributed by atoms with Crippen LogP contribution in [0.25, 0.3) is 0 Å². The fraction of sp³-hybridized carbons (Fsp3) is 0.952. The Hall–Kier alpha value is -1.94. The highest BCUT2D eigenvalue weighted by Gasteiger charge is 2.30. The van der Waals surface area contributed by atoms with Crippen molar-refractivity contribution >= 4 is 39.5 Å². The number of carbonyl (C=O) groups is 4. The highest BCUT2D eigenvalue weighted by Crippen LogP contribution is 2.45. The van der Waals surface area contributed by atoms with Crippen LogP contribution in [0.3, 0.4) is 0 Å². The minimum atomic E-state index is -4.96. The number of carbonyl (C=O) groups excluding carboxylic acids is 4. The van der Waals surface area contributed by atoms with Gasteiger partial charge in [0.2, 0.25) is 0 Å². The van der Waals surface area contributed by atoms with Crippen LogP contribution in [0.1, 0.15) is 428 Å². The molecule has 0 aliphatic carbocycles. The van der Waals surface area contributed by atoms with E-state index in [0.29, 0.717) is 31.6 Å². The molecule has 0 saturated heterocycles. The van der Waals surface area contributed by atoms with E-state index in [0.717, 1.165) is 114 Å². The summed E-state index contributed by atoms with van der Waals surface area (Å²) in [4.78, 5) is 73.0. The number of phosphoric acid groups is 2. The highest BCUT2D eigenvalue weighted by atomic mass is 31.2. The van der Waals surface area contributed by atoms with E-state index in [4.69, 9.17) is 37.0 Å². The van der Waals surface area contributed by atoms with E-state index < -0.39 is 97.5 Å². The van der Waals surface area contributed by atoms with Crippen molar-refractivity contribution in [3.8, 4) is 0 Å². The molecule has 4 unspecified atom stereocenters. The first-order chi connectivity index (χ1) is 49.1. The van der Waals surface area contributed by atoms with Gasteiger partial charge in [-0.05, 0) is 49.4 Å². The second kappa shape index (κ2) is 72.0. The lowest BCUT2D eigenvalue weighted by Gasteiger charge is -2.21. The van der Waals surface area contributed by atoms with Crippen LogP contribution in [-0.2, 0) is 65.4 Å². The number of phosphoric ester groups is 2. The summed E-state index contributed by atoms with van der Waals surface area (Å²) >= 11 is 0. The van der Waals surface area contributed by atoms with E-state index in [1.165, 1.54) is 225 Å². The highest BCUT2D eigenvalue weighted by molar-refractivity contribution is 7.47. The monoisotopic (exact) mass is 1490 g/mol. The van der Waals surface area contributed by atoms with Crippen LogP contribution < -0.4 is 0 Å². The van der Waals surface area contributed by atoms with Gasteiger partial charge in [0, 0.05) is 25.7 Å². The molecule has 0 heterocycles. The second-order valence-corrected chi connectivity index (χ2v) is 34.4. The summed E-state index contributed by atoms with van der Waals surface area (Å²) in [5.74, 6) is 0.988. The molecular weight excluding hydrogens is 1330 g/mol. The molecule has 19 heteroatoms.